The highest BCUT2D eigenvalue weighted by atomic mass is 35.5. The van der Waals surface area contributed by atoms with E-state index in [1.807, 2.05) is 12.1 Å². The van der Waals surface area contributed by atoms with Crippen molar-refractivity contribution in [2.75, 3.05) is 11.9 Å². The Balaban J connectivity index is 2.73. The summed E-state index contributed by atoms with van der Waals surface area (Å²) in [7, 11) is 0. The summed E-state index contributed by atoms with van der Waals surface area (Å²) in [4.78, 5) is 0. The number of benzene rings is 1. The first-order chi connectivity index (χ1) is 6.40. The second-order valence-electron chi connectivity index (χ2n) is 4.52. The van der Waals surface area contributed by atoms with Crippen molar-refractivity contribution in [3.8, 4) is 0 Å². The first-order valence-electron chi connectivity index (χ1n) is 4.58. The zero-order chi connectivity index (χ0) is 10.8. The molecule has 0 aliphatic rings. The van der Waals surface area contributed by atoms with Gasteiger partial charge in [-0.25, -0.2) is 0 Å². The molecule has 0 aromatic heterocycles. The van der Waals surface area contributed by atoms with Crippen LogP contribution in [-0.2, 0) is 0 Å². The maximum absolute atomic E-state index is 6.03. The molecular weight excluding hydrogens is 217 g/mol. The molecule has 78 valence electrons. The van der Waals surface area contributed by atoms with E-state index in [-0.39, 0.29) is 5.41 Å². The predicted octanol–water partition coefficient (Wildman–Crippen LogP) is 4.45. The molecule has 0 unspecified atom stereocenters. The maximum Gasteiger partial charge on any atom is 0.0823 e. The Hall–Kier alpha value is -0.400. The second-order valence-corrected chi connectivity index (χ2v) is 5.30. The van der Waals surface area contributed by atoms with Crippen LogP contribution in [-0.4, -0.2) is 6.54 Å². The summed E-state index contributed by atoms with van der Waals surface area (Å²) in [5.74, 6) is 0. The Morgan fingerprint density at radius 3 is 2.43 bits per heavy atom. The standard InChI is InChI=1S/C11H15Cl2N/c1-11(2,3)7-14-9-6-4-5-8(12)10(9)13/h4-6,14H,7H2,1-3H3. The molecule has 0 aliphatic heterocycles. The lowest BCUT2D eigenvalue weighted by atomic mass is 9.97. The number of rotatable bonds is 2. The fourth-order valence-electron chi connectivity index (χ4n) is 1.00. The van der Waals surface area contributed by atoms with Crippen molar-refractivity contribution in [3.05, 3.63) is 28.2 Å². The quantitative estimate of drug-likeness (QED) is 0.794. The maximum atomic E-state index is 6.03. The zero-order valence-corrected chi connectivity index (χ0v) is 10.2. The van der Waals surface area contributed by atoms with Gasteiger partial charge in [-0.1, -0.05) is 50.0 Å². The van der Waals surface area contributed by atoms with E-state index in [1.165, 1.54) is 0 Å². The van der Waals surface area contributed by atoms with Crippen LogP contribution < -0.4 is 5.32 Å². The van der Waals surface area contributed by atoms with Crippen LogP contribution in [0.25, 0.3) is 0 Å². The summed E-state index contributed by atoms with van der Waals surface area (Å²) >= 11 is 11.9. The van der Waals surface area contributed by atoms with Crippen molar-refractivity contribution in [2.24, 2.45) is 5.41 Å². The van der Waals surface area contributed by atoms with Gasteiger partial charge in [0, 0.05) is 6.54 Å². The van der Waals surface area contributed by atoms with E-state index >= 15 is 0 Å². The van der Waals surface area contributed by atoms with Crippen molar-refractivity contribution < 1.29 is 0 Å². The molecule has 0 fully saturated rings. The van der Waals surface area contributed by atoms with Crippen LogP contribution in [0.15, 0.2) is 18.2 Å². The lowest BCUT2D eigenvalue weighted by Crippen LogP contribution is -2.19. The Bertz CT molecular complexity index is 316. The summed E-state index contributed by atoms with van der Waals surface area (Å²) in [5.41, 5.74) is 1.13. The number of anilines is 1. The molecule has 1 aromatic carbocycles. The van der Waals surface area contributed by atoms with Crippen LogP contribution >= 0.6 is 23.2 Å². The normalized spacial score (nSPS) is 11.5. The largest absolute Gasteiger partial charge is 0.383 e. The van der Waals surface area contributed by atoms with Gasteiger partial charge < -0.3 is 5.32 Å². The number of halogens is 2. The minimum absolute atomic E-state index is 0.228. The molecule has 3 heteroatoms. The number of hydrogen-bond donors (Lipinski definition) is 1. The molecule has 1 N–H and O–H groups in total. The summed E-state index contributed by atoms with van der Waals surface area (Å²) in [6, 6.07) is 5.60. The van der Waals surface area contributed by atoms with Crippen LogP contribution in [0.5, 0.6) is 0 Å². The Morgan fingerprint density at radius 1 is 1.21 bits per heavy atom. The van der Waals surface area contributed by atoms with Gasteiger partial charge in [0.2, 0.25) is 0 Å². The molecule has 0 saturated heterocycles. The molecule has 0 saturated carbocycles. The summed E-state index contributed by atoms with van der Waals surface area (Å²) in [5, 5.41) is 4.46. The zero-order valence-electron chi connectivity index (χ0n) is 8.70. The average Bonchev–Trinajstić information content (AvgIpc) is 2.06. The first-order valence-corrected chi connectivity index (χ1v) is 5.34. The summed E-state index contributed by atoms with van der Waals surface area (Å²) < 4.78 is 0. The molecule has 1 rings (SSSR count). The van der Waals surface area contributed by atoms with E-state index in [1.54, 1.807) is 6.07 Å². The first kappa shape index (κ1) is 11.7. The van der Waals surface area contributed by atoms with Gasteiger partial charge in [0.05, 0.1) is 15.7 Å². The van der Waals surface area contributed by atoms with Gasteiger partial charge in [-0.05, 0) is 17.5 Å². The van der Waals surface area contributed by atoms with Crippen LogP contribution in [0.1, 0.15) is 20.8 Å². The fraction of sp³-hybridized carbons (Fsp3) is 0.455. The van der Waals surface area contributed by atoms with Gasteiger partial charge in [0.1, 0.15) is 0 Å². The van der Waals surface area contributed by atoms with E-state index < -0.39 is 0 Å². The van der Waals surface area contributed by atoms with Crippen LogP contribution in [0.4, 0.5) is 5.69 Å². The van der Waals surface area contributed by atoms with E-state index in [0.29, 0.717) is 10.0 Å². The van der Waals surface area contributed by atoms with Gasteiger partial charge in [-0.3, -0.25) is 0 Å². The lowest BCUT2D eigenvalue weighted by Gasteiger charge is -2.20. The monoisotopic (exact) mass is 231 g/mol. The molecule has 0 amide bonds. The third-order valence-corrected chi connectivity index (χ3v) is 2.58. The summed E-state index contributed by atoms with van der Waals surface area (Å²) in [6.07, 6.45) is 0. The number of hydrogen-bond acceptors (Lipinski definition) is 1. The smallest absolute Gasteiger partial charge is 0.0823 e. The Morgan fingerprint density at radius 2 is 1.86 bits per heavy atom. The molecule has 0 bridgehead atoms. The molecular formula is C11H15Cl2N. The highest BCUT2D eigenvalue weighted by molar-refractivity contribution is 6.43. The van der Waals surface area contributed by atoms with E-state index in [2.05, 4.69) is 26.1 Å². The van der Waals surface area contributed by atoms with Crippen molar-refractivity contribution in [2.45, 2.75) is 20.8 Å². The van der Waals surface area contributed by atoms with Crippen molar-refractivity contribution in [1.29, 1.82) is 0 Å². The minimum atomic E-state index is 0.228. The van der Waals surface area contributed by atoms with E-state index in [0.717, 1.165) is 12.2 Å². The van der Waals surface area contributed by atoms with Crippen LogP contribution in [0, 0.1) is 5.41 Å². The van der Waals surface area contributed by atoms with Crippen molar-refractivity contribution >= 4 is 28.9 Å². The second kappa shape index (κ2) is 4.41. The van der Waals surface area contributed by atoms with Gasteiger partial charge in [-0.2, -0.15) is 0 Å². The lowest BCUT2D eigenvalue weighted by molar-refractivity contribution is 0.443. The van der Waals surface area contributed by atoms with Gasteiger partial charge in [0.25, 0.3) is 0 Å². The molecule has 0 heterocycles. The fourth-order valence-corrected chi connectivity index (χ4v) is 1.37. The Kier molecular flexibility index (Phi) is 3.68. The van der Waals surface area contributed by atoms with Gasteiger partial charge >= 0.3 is 0 Å². The third kappa shape index (κ3) is 3.39. The molecule has 1 nitrogen and oxygen atoms in total. The van der Waals surface area contributed by atoms with Crippen LogP contribution in [0.3, 0.4) is 0 Å². The molecule has 0 radical (unpaired) electrons. The highest BCUT2D eigenvalue weighted by Crippen LogP contribution is 2.30. The third-order valence-electron chi connectivity index (χ3n) is 1.76. The SMILES string of the molecule is CC(C)(C)CNc1cccc(Cl)c1Cl. The van der Waals surface area contributed by atoms with Gasteiger partial charge in [-0.15, -0.1) is 0 Å². The minimum Gasteiger partial charge on any atom is -0.383 e. The number of nitrogens with one attached hydrogen (secondary N) is 1. The molecule has 0 aliphatic carbocycles. The van der Waals surface area contributed by atoms with Crippen molar-refractivity contribution in [1.82, 2.24) is 0 Å². The molecule has 14 heavy (non-hydrogen) atoms. The van der Waals surface area contributed by atoms with E-state index in [9.17, 15) is 0 Å². The highest BCUT2D eigenvalue weighted by Gasteiger charge is 2.11. The van der Waals surface area contributed by atoms with Crippen LogP contribution in [0.2, 0.25) is 10.0 Å². The van der Waals surface area contributed by atoms with Crippen molar-refractivity contribution in [3.63, 3.8) is 0 Å². The predicted molar refractivity (Wildman–Crippen MR) is 64.4 cm³/mol. The average molecular weight is 232 g/mol. The molecule has 1 aromatic rings. The molecule has 0 atom stereocenters. The summed E-state index contributed by atoms with van der Waals surface area (Å²) in [6.45, 7) is 7.36. The Labute approximate surface area is 95.4 Å². The molecule has 0 spiro atoms. The van der Waals surface area contributed by atoms with E-state index in [4.69, 9.17) is 23.2 Å². The van der Waals surface area contributed by atoms with Gasteiger partial charge in [0.15, 0.2) is 0 Å². The topological polar surface area (TPSA) is 12.0 Å².